The lowest BCUT2D eigenvalue weighted by atomic mass is 10.1. The van der Waals surface area contributed by atoms with Crippen LogP contribution in [0.2, 0.25) is 0 Å². The van der Waals surface area contributed by atoms with Gasteiger partial charge in [-0.05, 0) is 49.2 Å². The highest BCUT2D eigenvalue weighted by molar-refractivity contribution is 9.10. The van der Waals surface area contributed by atoms with Gasteiger partial charge in [0.25, 0.3) is 0 Å². The van der Waals surface area contributed by atoms with E-state index >= 15 is 0 Å². The topological polar surface area (TPSA) is 57.8 Å². The molecule has 0 aliphatic rings. The number of carbonyl (C=O) groups excluding carboxylic acids is 1. The van der Waals surface area contributed by atoms with Crippen LogP contribution in [0.4, 0.5) is 0 Å². The molecule has 2 N–H and O–H groups in total. The lowest BCUT2D eigenvalue weighted by Gasteiger charge is -2.14. The van der Waals surface area contributed by atoms with Crippen LogP contribution in [-0.2, 0) is 4.79 Å². The van der Waals surface area contributed by atoms with E-state index in [2.05, 4.69) is 37.3 Å². The molecular formula is C18H18BrN3OS. The summed E-state index contributed by atoms with van der Waals surface area (Å²) in [5, 5.41) is 3.78. The van der Waals surface area contributed by atoms with Gasteiger partial charge in [0.05, 0.1) is 22.8 Å². The molecule has 6 heteroatoms. The van der Waals surface area contributed by atoms with Gasteiger partial charge >= 0.3 is 0 Å². The highest BCUT2D eigenvalue weighted by atomic mass is 79.9. The smallest absolute Gasteiger partial charge is 0.230 e. The predicted octanol–water partition coefficient (Wildman–Crippen LogP) is 4.60. The molecular weight excluding hydrogens is 386 g/mol. The summed E-state index contributed by atoms with van der Waals surface area (Å²) < 4.78 is 1.03. The summed E-state index contributed by atoms with van der Waals surface area (Å²) >= 11 is 4.83. The van der Waals surface area contributed by atoms with Crippen molar-refractivity contribution < 1.29 is 4.79 Å². The number of aromatic nitrogens is 2. The first-order chi connectivity index (χ1) is 11.5. The standard InChI is InChI=1S/C18H18BrN3OS/c1-11-3-8-15-16(9-11)22-18(21-15)24-10-17(23)20-12(2)13-4-6-14(19)7-5-13/h3-9,12H,10H2,1-2H3,(H,20,23)(H,21,22)/t12-/m1/s1. The van der Waals surface area contributed by atoms with E-state index < -0.39 is 0 Å². The molecule has 0 radical (unpaired) electrons. The third-order valence-corrected chi connectivity index (χ3v) is 5.11. The Bertz CT molecular complexity index is 860. The van der Waals surface area contributed by atoms with E-state index in [-0.39, 0.29) is 11.9 Å². The molecule has 1 amide bonds. The minimum atomic E-state index is -0.0236. The van der Waals surface area contributed by atoms with Crippen LogP contribution in [0.25, 0.3) is 11.0 Å². The lowest BCUT2D eigenvalue weighted by Crippen LogP contribution is -2.28. The molecule has 0 saturated heterocycles. The van der Waals surface area contributed by atoms with Crippen LogP contribution in [0.1, 0.15) is 24.1 Å². The third-order valence-electron chi connectivity index (χ3n) is 3.70. The molecule has 0 unspecified atom stereocenters. The van der Waals surface area contributed by atoms with E-state index in [1.54, 1.807) is 0 Å². The van der Waals surface area contributed by atoms with E-state index in [1.807, 2.05) is 50.2 Å². The summed E-state index contributed by atoms with van der Waals surface area (Å²) in [6.07, 6.45) is 0. The zero-order valence-corrected chi connectivity index (χ0v) is 15.9. The molecule has 0 aliphatic heterocycles. The van der Waals surface area contributed by atoms with Crippen LogP contribution >= 0.6 is 27.7 Å². The first-order valence-electron chi connectivity index (χ1n) is 7.65. The first kappa shape index (κ1) is 17.0. The second-order valence-electron chi connectivity index (χ2n) is 5.69. The van der Waals surface area contributed by atoms with Gasteiger partial charge in [-0.3, -0.25) is 4.79 Å². The highest BCUT2D eigenvalue weighted by Gasteiger charge is 2.11. The van der Waals surface area contributed by atoms with E-state index in [1.165, 1.54) is 17.3 Å². The molecule has 24 heavy (non-hydrogen) atoms. The zero-order chi connectivity index (χ0) is 17.1. The van der Waals surface area contributed by atoms with Gasteiger partial charge in [0, 0.05) is 4.47 Å². The van der Waals surface area contributed by atoms with Crippen molar-refractivity contribution in [2.75, 3.05) is 5.75 Å². The number of carbonyl (C=O) groups is 1. The van der Waals surface area contributed by atoms with Crippen molar-refractivity contribution in [1.29, 1.82) is 0 Å². The Kier molecular flexibility index (Phi) is 5.26. The van der Waals surface area contributed by atoms with Gasteiger partial charge < -0.3 is 10.3 Å². The molecule has 0 bridgehead atoms. The maximum atomic E-state index is 12.2. The Morgan fingerprint density at radius 1 is 1.29 bits per heavy atom. The number of halogens is 1. The fourth-order valence-electron chi connectivity index (χ4n) is 2.42. The molecule has 3 aromatic rings. The minimum Gasteiger partial charge on any atom is -0.349 e. The Labute approximate surface area is 153 Å². The van der Waals surface area contributed by atoms with Crippen molar-refractivity contribution in [2.45, 2.75) is 25.0 Å². The molecule has 0 fully saturated rings. The number of imidazole rings is 1. The molecule has 3 rings (SSSR count). The summed E-state index contributed by atoms with van der Waals surface area (Å²) in [7, 11) is 0. The Morgan fingerprint density at radius 3 is 2.79 bits per heavy atom. The average molecular weight is 404 g/mol. The van der Waals surface area contributed by atoms with Gasteiger partial charge in [0.2, 0.25) is 5.91 Å². The van der Waals surface area contributed by atoms with Crippen molar-refractivity contribution >= 4 is 44.6 Å². The summed E-state index contributed by atoms with van der Waals surface area (Å²) in [5.41, 5.74) is 4.19. The van der Waals surface area contributed by atoms with Crippen molar-refractivity contribution in [3.05, 3.63) is 58.1 Å². The van der Waals surface area contributed by atoms with Gasteiger partial charge in [-0.1, -0.05) is 45.9 Å². The maximum Gasteiger partial charge on any atom is 0.230 e. The minimum absolute atomic E-state index is 0.00736. The van der Waals surface area contributed by atoms with Gasteiger partial charge in [0.15, 0.2) is 5.16 Å². The maximum absolute atomic E-state index is 12.2. The number of aryl methyl sites for hydroxylation is 1. The number of benzene rings is 2. The van der Waals surface area contributed by atoms with Gasteiger partial charge in [0.1, 0.15) is 0 Å². The molecule has 1 atom stereocenters. The predicted molar refractivity (Wildman–Crippen MR) is 102 cm³/mol. The molecule has 1 aromatic heterocycles. The number of rotatable bonds is 5. The third kappa shape index (κ3) is 4.19. The van der Waals surface area contributed by atoms with Crippen LogP contribution in [-0.4, -0.2) is 21.6 Å². The fraction of sp³-hybridized carbons (Fsp3) is 0.222. The molecule has 0 saturated carbocycles. The quantitative estimate of drug-likeness (QED) is 0.611. The number of H-pyrrole nitrogens is 1. The normalized spacial score (nSPS) is 12.3. The number of hydrogen-bond acceptors (Lipinski definition) is 3. The monoisotopic (exact) mass is 403 g/mol. The number of aromatic amines is 1. The number of fused-ring (bicyclic) bond motifs is 1. The van der Waals surface area contributed by atoms with Crippen molar-refractivity contribution in [3.63, 3.8) is 0 Å². The van der Waals surface area contributed by atoms with Gasteiger partial charge in [-0.2, -0.15) is 0 Å². The largest absolute Gasteiger partial charge is 0.349 e. The van der Waals surface area contributed by atoms with Crippen molar-refractivity contribution in [2.24, 2.45) is 0 Å². The lowest BCUT2D eigenvalue weighted by molar-refractivity contribution is -0.119. The van der Waals surface area contributed by atoms with E-state index in [9.17, 15) is 4.79 Å². The van der Waals surface area contributed by atoms with E-state index in [0.717, 1.165) is 26.2 Å². The number of nitrogens with zero attached hydrogens (tertiary/aromatic N) is 1. The molecule has 2 aromatic carbocycles. The SMILES string of the molecule is Cc1ccc2nc(SCC(=O)N[C@H](C)c3ccc(Br)cc3)[nH]c2c1. The van der Waals surface area contributed by atoms with Crippen LogP contribution in [0.5, 0.6) is 0 Å². The summed E-state index contributed by atoms with van der Waals surface area (Å²) in [5.74, 6) is 0.326. The number of amides is 1. The van der Waals surface area contributed by atoms with Crippen LogP contribution in [0.15, 0.2) is 52.1 Å². The number of thioether (sulfide) groups is 1. The summed E-state index contributed by atoms with van der Waals surface area (Å²) in [6, 6.07) is 14.0. The molecule has 1 heterocycles. The summed E-state index contributed by atoms with van der Waals surface area (Å²) in [6.45, 7) is 4.03. The van der Waals surface area contributed by atoms with E-state index in [0.29, 0.717) is 5.75 Å². The van der Waals surface area contributed by atoms with Crippen LogP contribution < -0.4 is 5.32 Å². The Balaban J connectivity index is 1.57. The van der Waals surface area contributed by atoms with Crippen LogP contribution in [0.3, 0.4) is 0 Å². The first-order valence-corrected chi connectivity index (χ1v) is 9.43. The fourth-order valence-corrected chi connectivity index (χ4v) is 3.38. The van der Waals surface area contributed by atoms with E-state index in [4.69, 9.17) is 0 Å². The van der Waals surface area contributed by atoms with Gasteiger partial charge in [-0.25, -0.2) is 4.98 Å². The summed E-state index contributed by atoms with van der Waals surface area (Å²) in [4.78, 5) is 19.9. The zero-order valence-electron chi connectivity index (χ0n) is 13.5. The molecule has 0 aliphatic carbocycles. The molecule has 0 spiro atoms. The van der Waals surface area contributed by atoms with Gasteiger partial charge in [-0.15, -0.1) is 0 Å². The highest BCUT2D eigenvalue weighted by Crippen LogP contribution is 2.21. The van der Waals surface area contributed by atoms with Crippen LogP contribution in [0, 0.1) is 6.92 Å². The van der Waals surface area contributed by atoms with Crippen molar-refractivity contribution in [1.82, 2.24) is 15.3 Å². The molecule has 4 nitrogen and oxygen atoms in total. The number of hydrogen-bond donors (Lipinski definition) is 2. The molecule has 124 valence electrons. The Morgan fingerprint density at radius 2 is 2.04 bits per heavy atom. The second kappa shape index (κ2) is 7.40. The Hall–Kier alpha value is -1.79. The number of nitrogens with one attached hydrogen (secondary N) is 2. The van der Waals surface area contributed by atoms with Crippen molar-refractivity contribution in [3.8, 4) is 0 Å². The second-order valence-corrected chi connectivity index (χ2v) is 7.57. The average Bonchev–Trinajstić information content (AvgIpc) is 2.95.